The van der Waals surface area contributed by atoms with E-state index < -0.39 is 11.5 Å². The van der Waals surface area contributed by atoms with E-state index in [0.717, 1.165) is 17.8 Å². The molecule has 1 fully saturated rings. The molecule has 1 aliphatic rings. The summed E-state index contributed by atoms with van der Waals surface area (Å²) in [4.78, 5) is 27.8. The van der Waals surface area contributed by atoms with Crippen molar-refractivity contribution < 1.29 is 19.4 Å². The summed E-state index contributed by atoms with van der Waals surface area (Å²) < 4.78 is 5.01. The molecule has 1 heterocycles. The van der Waals surface area contributed by atoms with E-state index in [9.17, 15) is 9.59 Å². The number of nitrogens with zero attached hydrogens (tertiary/aromatic N) is 1. The van der Waals surface area contributed by atoms with Gasteiger partial charge in [0.25, 0.3) is 5.91 Å². The summed E-state index contributed by atoms with van der Waals surface area (Å²) in [7, 11) is 1.48. The Balaban J connectivity index is 2.04. The van der Waals surface area contributed by atoms with Gasteiger partial charge < -0.3 is 15.2 Å². The minimum absolute atomic E-state index is 0.138. The van der Waals surface area contributed by atoms with Gasteiger partial charge in [0.1, 0.15) is 4.88 Å². The molecular formula is C13H18N2O4S. The lowest BCUT2D eigenvalue weighted by molar-refractivity contribution is -0.139. The van der Waals surface area contributed by atoms with Crippen LogP contribution in [0, 0.1) is 0 Å². The van der Waals surface area contributed by atoms with Crippen LogP contribution in [0.5, 0.6) is 0 Å². The Kier molecular flexibility index (Phi) is 4.39. The normalized spacial score (nSPS) is 17.5. The van der Waals surface area contributed by atoms with Crippen LogP contribution in [0.1, 0.15) is 46.8 Å². The minimum atomic E-state index is -0.979. The molecule has 1 atom stereocenters. The topological polar surface area (TPSA) is 88.5 Å². The number of nitrogens with one attached hydrogen (secondary N) is 1. The van der Waals surface area contributed by atoms with Crippen molar-refractivity contribution in [2.75, 3.05) is 13.7 Å². The van der Waals surface area contributed by atoms with Crippen LogP contribution >= 0.6 is 11.3 Å². The highest BCUT2D eigenvalue weighted by atomic mass is 32.1. The second-order valence-electron chi connectivity index (χ2n) is 5.36. The van der Waals surface area contributed by atoms with Crippen LogP contribution in [0.2, 0.25) is 0 Å². The van der Waals surface area contributed by atoms with Gasteiger partial charge in [0, 0.05) is 13.0 Å². The Morgan fingerprint density at radius 2 is 2.30 bits per heavy atom. The van der Waals surface area contributed by atoms with Gasteiger partial charge in [0.05, 0.1) is 29.8 Å². The van der Waals surface area contributed by atoms with Crippen LogP contribution in [0.15, 0.2) is 6.20 Å². The first-order valence-corrected chi connectivity index (χ1v) is 7.24. The average molecular weight is 298 g/mol. The number of rotatable bonds is 7. The molecule has 0 unspecified atom stereocenters. The summed E-state index contributed by atoms with van der Waals surface area (Å²) in [5.74, 6) is -0.769. The fourth-order valence-electron chi connectivity index (χ4n) is 2.03. The molecule has 0 aromatic carbocycles. The van der Waals surface area contributed by atoms with E-state index in [1.165, 1.54) is 18.4 Å². The molecule has 1 aliphatic carbocycles. The monoisotopic (exact) mass is 298 g/mol. The third kappa shape index (κ3) is 3.77. The summed E-state index contributed by atoms with van der Waals surface area (Å²) in [5.41, 5.74) is -0.929. The Bertz CT molecular complexity index is 512. The van der Waals surface area contributed by atoms with Crippen molar-refractivity contribution in [3.8, 4) is 0 Å². The van der Waals surface area contributed by atoms with E-state index in [1.54, 1.807) is 13.1 Å². The molecule has 1 aromatic rings. The second kappa shape index (κ2) is 5.88. The number of hydrogen-bond donors (Lipinski definition) is 2. The summed E-state index contributed by atoms with van der Waals surface area (Å²) in [6.07, 6.45) is 3.63. The lowest BCUT2D eigenvalue weighted by Crippen LogP contribution is -2.50. The molecule has 20 heavy (non-hydrogen) atoms. The van der Waals surface area contributed by atoms with Gasteiger partial charge in [-0.15, -0.1) is 11.3 Å². The number of thiazole rings is 1. The lowest BCUT2D eigenvalue weighted by atomic mass is 9.99. The number of hydrogen-bond acceptors (Lipinski definition) is 5. The van der Waals surface area contributed by atoms with Crippen LogP contribution in [-0.2, 0) is 9.53 Å². The van der Waals surface area contributed by atoms with Gasteiger partial charge in [-0.3, -0.25) is 9.59 Å². The summed E-state index contributed by atoms with van der Waals surface area (Å²) >= 11 is 1.38. The highest BCUT2D eigenvalue weighted by Gasteiger charge is 2.32. The zero-order valence-corrected chi connectivity index (χ0v) is 12.3. The Labute approximate surface area is 121 Å². The summed E-state index contributed by atoms with van der Waals surface area (Å²) in [5, 5.41) is 12.7. The third-order valence-corrected chi connectivity index (χ3v) is 4.25. The summed E-state index contributed by atoms with van der Waals surface area (Å²) in [6.45, 7) is 1.80. The highest BCUT2D eigenvalue weighted by Crippen LogP contribution is 2.41. The third-order valence-electron chi connectivity index (χ3n) is 3.09. The number of aliphatic carboxylic acids is 1. The Morgan fingerprint density at radius 1 is 1.60 bits per heavy atom. The fraction of sp³-hybridized carbons (Fsp3) is 0.615. The zero-order chi connectivity index (χ0) is 14.8. The predicted octanol–water partition coefficient (Wildman–Crippen LogP) is 1.63. The standard InChI is InChI=1S/C13H18N2O4S/c1-13(7-19-2,5-10(16)17)15-11(18)9-6-14-12(20-9)8-3-4-8/h6,8H,3-5,7H2,1-2H3,(H,15,18)(H,16,17)/t13-/m1/s1. The molecule has 1 amide bonds. The maximum Gasteiger partial charge on any atom is 0.305 e. The highest BCUT2D eigenvalue weighted by molar-refractivity contribution is 7.13. The number of carboxylic acids is 1. The molecule has 2 N–H and O–H groups in total. The van der Waals surface area contributed by atoms with Crippen molar-refractivity contribution in [2.24, 2.45) is 0 Å². The maximum atomic E-state index is 12.2. The molecule has 0 radical (unpaired) electrons. The van der Waals surface area contributed by atoms with Gasteiger partial charge in [-0.1, -0.05) is 0 Å². The van der Waals surface area contributed by atoms with Gasteiger partial charge in [-0.05, 0) is 19.8 Å². The summed E-state index contributed by atoms with van der Waals surface area (Å²) in [6, 6.07) is 0. The Morgan fingerprint density at radius 3 is 2.85 bits per heavy atom. The molecule has 110 valence electrons. The van der Waals surface area contributed by atoms with E-state index in [0.29, 0.717) is 10.8 Å². The molecule has 0 spiro atoms. The van der Waals surface area contributed by atoms with Crippen molar-refractivity contribution >= 4 is 23.2 Å². The van der Waals surface area contributed by atoms with Gasteiger partial charge >= 0.3 is 5.97 Å². The van der Waals surface area contributed by atoms with Crippen molar-refractivity contribution in [1.29, 1.82) is 0 Å². The molecule has 7 heteroatoms. The van der Waals surface area contributed by atoms with Crippen LogP contribution in [0.25, 0.3) is 0 Å². The molecule has 1 aromatic heterocycles. The van der Waals surface area contributed by atoms with E-state index in [1.807, 2.05) is 0 Å². The zero-order valence-electron chi connectivity index (χ0n) is 11.5. The number of methoxy groups -OCH3 is 1. The molecular weight excluding hydrogens is 280 g/mol. The molecule has 0 aliphatic heterocycles. The van der Waals surface area contributed by atoms with E-state index in [4.69, 9.17) is 9.84 Å². The van der Waals surface area contributed by atoms with Crippen LogP contribution < -0.4 is 5.32 Å². The number of carbonyl (C=O) groups excluding carboxylic acids is 1. The minimum Gasteiger partial charge on any atom is -0.481 e. The van der Waals surface area contributed by atoms with Crippen molar-refractivity contribution in [2.45, 2.75) is 37.6 Å². The van der Waals surface area contributed by atoms with Crippen LogP contribution in [0.4, 0.5) is 0 Å². The van der Waals surface area contributed by atoms with E-state index >= 15 is 0 Å². The van der Waals surface area contributed by atoms with Crippen molar-refractivity contribution in [3.63, 3.8) is 0 Å². The number of aromatic nitrogens is 1. The Hall–Kier alpha value is -1.47. The van der Waals surface area contributed by atoms with Gasteiger partial charge in [0.15, 0.2) is 0 Å². The number of carboxylic acid groups (broad SMARTS) is 1. The quantitative estimate of drug-likeness (QED) is 0.798. The van der Waals surface area contributed by atoms with Crippen LogP contribution in [-0.4, -0.2) is 41.2 Å². The molecule has 2 rings (SSSR count). The fourth-order valence-corrected chi connectivity index (χ4v) is 3.01. The largest absolute Gasteiger partial charge is 0.481 e. The SMILES string of the molecule is COC[C@@](C)(CC(=O)O)NC(=O)c1cnc(C2CC2)s1. The van der Waals surface area contributed by atoms with Gasteiger partial charge in [-0.2, -0.15) is 0 Å². The average Bonchev–Trinajstić information content (AvgIpc) is 3.05. The number of carbonyl (C=O) groups is 2. The predicted molar refractivity (Wildman–Crippen MR) is 74.1 cm³/mol. The number of amides is 1. The number of ether oxygens (including phenoxy) is 1. The first kappa shape index (κ1) is 14.9. The molecule has 0 bridgehead atoms. The first-order valence-electron chi connectivity index (χ1n) is 6.42. The van der Waals surface area contributed by atoms with Gasteiger partial charge in [0.2, 0.25) is 0 Å². The molecule has 1 saturated carbocycles. The molecule has 0 saturated heterocycles. The van der Waals surface area contributed by atoms with Crippen molar-refractivity contribution in [3.05, 3.63) is 16.1 Å². The maximum absolute atomic E-state index is 12.2. The first-order chi connectivity index (χ1) is 9.43. The van der Waals surface area contributed by atoms with E-state index in [2.05, 4.69) is 10.3 Å². The smallest absolute Gasteiger partial charge is 0.305 e. The van der Waals surface area contributed by atoms with Crippen LogP contribution in [0.3, 0.4) is 0 Å². The molecule has 6 nitrogen and oxygen atoms in total. The van der Waals surface area contributed by atoms with Crippen molar-refractivity contribution in [1.82, 2.24) is 10.3 Å². The van der Waals surface area contributed by atoms with Gasteiger partial charge in [-0.25, -0.2) is 4.98 Å². The second-order valence-corrected chi connectivity index (χ2v) is 6.42. The van der Waals surface area contributed by atoms with E-state index in [-0.39, 0.29) is 18.9 Å². The lowest BCUT2D eigenvalue weighted by Gasteiger charge is -2.28.